The van der Waals surface area contributed by atoms with Gasteiger partial charge in [-0.1, -0.05) is 136 Å². The summed E-state index contributed by atoms with van der Waals surface area (Å²) in [6.07, 6.45) is 30.0. The minimum Gasteiger partial charge on any atom is -0.378 e. The zero-order chi connectivity index (χ0) is 23.4. The molecule has 0 bridgehead atoms. The zero-order valence-corrected chi connectivity index (χ0v) is 22.6. The van der Waals surface area contributed by atoms with Crippen molar-refractivity contribution in [2.45, 2.75) is 168 Å². The van der Waals surface area contributed by atoms with Crippen molar-refractivity contribution in [2.75, 3.05) is 19.8 Å². The minimum atomic E-state index is 0.376. The average molecular weight is 456 g/mol. The van der Waals surface area contributed by atoms with Gasteiger partial charge in [-0.25, -0.2) is 5.48 Å². The summed E-state index contributed by atoms with van der Waals surface area (Å²) in [6.45, 7) is 9.38. The molecule has 0 rings (SSSR count). The van der Waals surface area contributed by atoms with Gasteiger partial charge >= 0.3 is 0 Å². The van der Waals surface area contributed by atoms with Crippen molar-refractivity contribution in [1.82, 2.24) is 5.48 Å². The third-order valence-corrected chi connectivity index (χ3v) is 6.48. The molecule has 3 nitrogen and oxygen atoms in total. The molecule has 0 fully saturated rings. The van der Waals surface area contributed by atoms with E-state index >= 15 is 0 Å². The van der Waals surface area contributed by atoms with Crippen LogP contribution in [0.2, 0.25) is 0 Å². The monoisotopic (exact) mass is 455 g/mol. The van der Waals surface area contributed by atoms with Crippen LogP contribution in [0.3, 0.4) is 0 Å². The van der Waals surface area contributed by atoms with Crippen molar-refractivity contribution in [3.8, 4) is 0 Å². The first-order chi connectivity index (χ1) is 15.8. The number of hydrogen-bond acceptors (Lipinski definition) is 3. The van der Waals surface area contributed by atoms with Crippen LogP contribution in [0.1, 0.15) is 162 Å². The topological polar surface area (TPSA) is 30.5 Å². The molecule has 0 aliphatic carbocycles. The van der Waals surface area contributed by atoms with Gasteiger partial charge in [0.25, 0.3) is 0 Å². The fourth-order valence-electron chi connectivity index (χ4n) is 4.27. The SMILES string of the molecule is CCCCCCCCCCCCOC(CCCCCCCCCCC)CCONCCC. The Morgan fingerprint density at radius 2 is 0.938 bits per heavy atom. The van der Waals surface area contributed by atoms with E-state index in [0.717, 1.165) is 32.6 Å². The lowest BCUT2D eigenvalue weighted by atomic mass is 10.0. The molecule has 32 heavy (non-hydrogen) atoms. The Balaban J connectivity index is 3.73. The lowest BCUT2D eigenvalue weighted by Gasteiger charge is -2.18. The number of nitrogens with one attached hydrogen (secondary N) is 1. The van der Waals surface area contributed by atoms with Crippen LogP contribution in [0.25, 0.3) is 0 Å². The summed E-state index contributed by atoms with van der Waals surface area (Å²) in [6, 6.07) is 0. The van der Waals surface area contributed by atoms with Crippen LogP contribution >= 0.6 is 0 Å². The van der Waals surface area contributed by atoms with Crippen LogP contribution in [-0.4, -0.2) is 25.9 Å². The first kappa shape index (κ1) is 31.9. The molecule has 0 aliphatic rings. The van der Waals surface area contributed by atoms with E-state index in [4.69, 9.17) is 9.57 Å². The van der Waals surface area contributed by atoms with E-state index in [0.29, 0.717) is 6.10 Å². The third kappa shape index (κ3) is 26.1. The Morgan fingerprint density at radius 3 is 1.44 bits per heavy atom. The molecule has 0 aromatic rings. The van der Waals surface area contributed by atoms with Crippen LogP contribution in [-0.2, 0) is 9.57 Å². The van der Waals surface area contributed by atoms with Crippen LogP contribution in [0.4, 0.5) is 0 Å². The van der Waals surface area contributed by atoms with Crippen LogP contribution in [0, 0.1) is 0 Å². The third-order valence-electron chi connectivity index (χ3n) is 6.48. The lowest BCUT2D eigenvalue weighted by Crippen LogP contribution is -2.21. The minimum absolute atomic E-state index is 0.376. The van der Waals surface area contributed by atoms with Crippen LogP contribution < -0.4 is 5.48 Å². The van der Waals surface area contributed by atoms with Crippen LogP contribution in [0.5, 0.6) is 0 Å². The maximum Gasteiger partial charge on any atom is 0.0706 e. The quantitative estimate of drug-likeness (QED) is 0.0940. The zero-order valence-electron chi connectivity index (χ0n) is 22.6. The maximum atomic E-state index is 6.28. The van der Waals surface area contributed by atoms with Crippen molar-refractivity contribution in [1.29, 1.82) is 0 Å². The molecule has 0 amide bonds. The van der Waals surface area contributed by atoms with Gasteiger partial charge in [0.15, 0.2) is 0 Å². The highest BCUT2D eigenvalue weighted by Crippen LogP contribution is 2.15. The van der Waals surface area contributed by atoms with Crippen molar-refractivity contribution in [3.05, 3.63) is 0 Å². The Hall–Kier alpha value is -0.120. The molecular formula is C29H61NO2. The number of unbranched alkanes of at least 4 members (excludes halogenated alkanes) is 17. The summed E-state index contributed by atoms with van der Waals surface area (Å²) >= 11 is 0. The van der Waals surface area contributed by atoms with Gasteiger partial charge in [0.1, 0.15) is 0 Å². The highest BCUT2D eigenvalue weighted by molar-refractivity contribution is 4.60. The molecule has 0 saturated carbocycles. The Bertz CT molecular complexity index is 324. The van der Waals surface area contributed by atoms with Gasteiger partial charge in [-0.3, -0.25) is 0 Å². The number of hydrogen-bond donors (Lipinski definition) is 1. The fourth-order valence-corrected chi connectivity index (χ4v) is 4.27. The standard InChI is InChI=1S/C29H61NO2/c1-4-7-9-11-13-15-17-19-21-23-27-31-29(25-28-32-30-26-6-3)24-22-20-18-16-14-12-10-8-5-2/h29-30H,4-28H2,1-3H3. The summed E-state index contributed by atoms with van der Waals surface area (Å²) in [5, 5.41) is 0. The fraction of sp³-hybridized carbons (Fsp3) is 1.00. The van der Waals surface area contributed by atoms with E-state index in [9.17, 15) is 0 Å². The molecule has 0 aromatic carbocycles. The first-order valence-electron chi connectivity index (χ1n) is 14.8. The van der Waals surface area contributed by atoms with Gasteiger partial charge in [0, 0.05) is 13.2 Å². The molecule has 1 N–H and O–H groups in total. The van der Waals surface area contributed by atoms with Gasteiger partial charge in [0.05, 0.1) is 12.7 Å². The molecule has 0 aromatic heterocycles. The Morgan fingerprint density at radius 1 is 0.469 bits per heavy atom. The van der Waals surface area contributed by atoms with Gasteiger partial charge < -0.3 is 9.57 Å². The second-order valence-electron chi connectivity index (χ2n) is 9.82. The summed E-state index contributed by atoms with van der Waals surface area (Å²) in [7, 11) is 0. The predicted octanol–water partition coefficient (Wildman–Crippen LogP) is 9.53. The van der Waals surface area contributed by atoms with Crippen molar-refractivity contribution in [2.24, 2.45) is 0 Å². The van der Waals surface area contributed by atoms with Crippen molar-refractivity contribution >= 4 is 0 Å². The van der Waals surface area contributed by atoms with Gasteiger partial charge in [-0.2, -0.15) is 0 Å². The maximum absolute atomic E-state index is 6.28. The number of hydroxylamine groups is 1. The average Bonchev–Trinajstić information content (AvgIpc) is 2.80. The first-order valence-corrected chi connectivity index (χ1v) is 14.8. The molecule has 3 heteroatoms. The second kappa shape index (κ2) is 28.9. The molecule has 1 atom stereocenters. The van der Waals surface area contributed by atoms with Gasteiger partial charge in [-0.05, 0) is 25.7 Å². The summed E-state index contributed by atoms with van der Waals surface area (Å²) in [5.74, 6) is 0. The molecule has 0 aliphatic heterocycles. The van der Waals surface area contributed by atoms with E-state index in [1.807, 2.05) is 0 Å². The molecule has 1 unspecified atom stereocenters. The predicted molar refractivity (Wildman–Crippen MR) is 142 cm³/mol. The van der Waals surface area contributed by atoms with E-state index < -0.39 is 0 Å². The highest BCUT2D eigenvalue weighted by Gasteiger charge is 2.09. The number of ether oxygens (including phenoxy) is 1. The highest BCUT2D eigenvalue weighted by atomic mass is 16.6. The molecular weight excluding hydrogens is 394 g/mol. The van der Waals surface area contributed by atoms with Crippen LogP contribution in [0.15, 0.2) is 0 Å². The summed E-state index contributed by atoms with van der Waals surface area (Å²) in [5.41, 5.74) is 3.05. The lowest BCUT2D eigenvalue weighted by molar-refractivity contribution is -0.0126. The van der Waals surface area contributed by atoms with Gasteiger partial charge in [0.2, 0.25) is 0 Å². The molecule has 0 spiro atoms. The second-order valence-corrected chi connectivity index (χ2v) is 9.82. The normalized spacial score (nSPS) is 12.5. The Kier molecular flexibility index (Phi) is 28.8. The van der Waals surface area contributed by atoms with E-state index in [1.165, 1.54) is 128 Å². The Labute approximate surface area is 203 Å². The number of rotatable bonds is 28. The summed E-state index contributed by atoms with van der Waals surface area (Å²) < 4.78 is 6.28. The van der Waals surface area contributed by atoms with E-state index in [2.05, 4.69) is 26.3 Å². The largest absolute Gasteiger partial charge is 0.378 e. The van der Waals surface area contributed by atoms with Crippen molar-refractivity contribution < 1.29 is 9.57 Å². The molecule has 0 saturated heterocycles. The summed E-state index contributed by atoms with van der Waals surface area (Å²) in [4.78, 5) is 5.57. The molecule has 194 valence electrons. The smallest absolute Gasteiger partial charge is 0.0706 e. The molecule has 0 heterocycles. The van der Waals surface area contributed by atoms with E-state index in [1.54, 1.807) is 0 Å². The van der Waals surface area contributed by atoms with E-state index in [-0.39, 0.29) is 0 Å². The van der Waals surface area contributed by atoms with Crippen molar-refractivity contribution in [3.63, 3.8) is 0 Å². The molecule has 0 radical (unpaired) electrons. The van der Waals surface area contributed by atoms with Gasteiger partial charge in [-0.15, -0.1) is 0 Å².